The molecule has 0 amide bonds. The number of rotatable bonds is 5. The SMILES string of the molecule is FC1/C=C(c2cc(-c3ccccc3)nc(-c3cccc4oc5ccc(-c6ccc7c8ccccc8n(-c8ccccc8)c7c6)cc5c34)n2)\C=C/Cc2ccccc2O1. The Kier molecular flexibility index (Phi) is 8.07. The van der Waals surface area contributed by atoms with Crippen LogP contribution in [-0.2, 0) is 6.42 Å². The van der Waals surface area contributed by atoms with Crippen LogP contribution >= 0.6 is 0 Å². The molecule has 1 aliphatic heterocycles. The van der Waals surface area contributed by atoms with E-state index >= 15 is 4.39 Å². The summed E-state index contributed by atoms with van der Waals surface area (Å²) in [5, 5.41) is 4.29. The molecule has 10 aromatic rings. The highest BCUT2D eigenvalue weighted by molar-refractivity contribution is 6.14. The van der Waals surface area contributed by atoms with Gasteiger partial charge < -0.3 is 13.7 Å². The minimum absolute atomic E-state index is 0.512. The van der Waals surface area contributed by atoms with Crippen LogP contribution in [0.15, 0.2) is 193 Å². The minimum atomic E-state index is -1.68. The highest BCUT2D eigenvalue weighted by Crippen LogP contribution is 2.40. The lowest BCUT2D eigenvalue weighted by molar-refractivity contribution is 0.113. The van der Waals surface area contributed by atoms with E-state index in [1.807, 2.05) is 97.1 Å². The molecule has 0 saturated carbocycles. The third kappa shape index (κ3) is 5.85. The monoisotopic (exact) mass is 751 g/mol. The van der Waals surface area contributed by atoms with Gasteiger partial charge in [0.2, 0.25) is 0 Å². The van der Waals surface area contributed by atoms with E-state index in [2.05, 4.69) is 83.4 Å². The molecule has 1 atom stereocenters. The van der Waals surface area contributed by atoms with Crippen LogP contribution in [0.5, 0.6) is 5.75 Å². The zero-order valence-corrected chi connectivity index (χ0v) is 31.2. The molecule has 6 heteroatoms. The summed E-state index contributed by atoms with van der Waals surface area (Å²) in [5.74, 6) is 1.04. The highest BCUT2D eigenvalue weighted by Gasteiger charge is 2.20. The van der Waals surface area contributed by atoms with Gasteiger partial charge in [0.05, 0.1) is 22.4 Å². The van der Waals surface area contributed by atoms with Crippen molar-refractivity contribution >= 4 is 49.3 Å². The molecule has 0 saturated heterocycles. The molecule has 7 aromatic carbocycles. The number of hydrogen-bond acceptors (Lipinski definition) is 4. The molecule has 0 spiro atoms. The number of alkyl halides is 1. The van der Waals surface area contributed by atoms with E-state index in [0.717, 1.165) is 66.7 Å². The Morgan fingerprint density at radius 2 is 1.31 bits per heavy atom. The second-order valence-corrected chi connectivity index (χ2v) is 14.5. The van der Waals surface area contributed by atoms with E-state index in [9.17, 15) is 0 Å². The van der Waals surface area contributed by atoms with Crippen LogP contribution in [0, 0.1) is 0 Å². The maximum Gasteiger partial charge on any atom is 0.258 e. The summed E-state index contributed by atoms with van der Waals surface area (Å²) < 4.78 is 30.2. The number of furan rings is 1. The third-order valence-corrected chi connectivity index (χ3v) is 11.0. The predicted octanol–water partition coefficient (Wildman–Crippen LogP) is 13.3. The van der Waals surface area contributed by atoms with Crippen LogP contribution in [0.2, 0.25) is 0 Å². The van der Waals surface area contributed by atoms with Gasteiger partial charge in [0.1, 0.15) is 16.9 Å². The lowest BCUT2D eigenvalue weighted by Gasteiger charge is -2.13. The van der Waals surface area contributed by atoms with E-state index in [1.54, 1.807) is 6.07 Å². The fourth-order valence-electron chi connectivity index (χ4n) is 8.29. The Morgan fingerprint density at radius 3 is 2.21 bits per heavy atom. The summed E-state index contributed by atoms with van der Waals surface area (Å²) in [4.78, 5) is 10.3. The van der Waals surface area contributed by atoms with Gasteiger partial charge >= 0.3 is 0 Å². The van der Waals surface area contributed by atoms with Crippen molar-refractivity contribution in [3.63, 3.8) is 0 Å². The third-order valence-electron chi connectivity index (χ3n) is 11.0. The number of benzene rings is 7. The largest absolute Gasteiger partial charge is 0.456 e. The van der Waals surface area contributed by atoms with Gasteiger partial charge in [-0.3, -0.25) is 0 Å². The molecule has 1 unspecified atom stereocenters. The van der Waals surface area contributed by atoms with Gasteiger partial charge in [-0.25, -0.2) is 9.97 Å². The molecule has 0 bridgehead atoms. The Morgan fingerprint density at radius 1 is 0.569 bits per heavy atom. The molecule has 58 heavy (non-hydrogen) atoms. The van der Waals surface area contributed by atoms with Crippen LogP contribution < -0.4 is 4.74 Å². The topological polar surface area (TPSA) is 53.1 Å². The number of allylic oxidation sites excluding steroid dienone is 3. The summed E-state index contributed by atoms with van der Waals surface area (Å²) >= 11 is 0. The van der Waals surface area contributed by atoms with Crippen molar-refractivity contribution in [3.05, 3.63) is 199 Å². The molecule has 0 fully saturated rings. The number of hydrogen-bond donors (Lipinski definition) is 0. The normalized spacial score (nSPS) is 15.7. The number of para-hydroxylation sites is 3. The predicted molar refractivity (Wildman–Crippen MR) is 233 cm³/mol. The Hall–Kier alpha value is -7.57. The lowest BCUT2D eigenvalue weighted by atomic mass is 9.99. The van der Waals surface area contributed by atoms with E-state index < -0.39 is 6.36 Å². The zero-order valence-electron chi connectivity index (χ0n) is 31.2. The molecule has 0 radical (unpaired) electrons. The number of nitrogens with zero attached hydrogens (tertiary/aromatic N) is 3. The Bertz CT molecular complexity index is 3250. The highest BCUT2D eigenvalue weighted by atomic mass is 19.1. The van der Waals surface area contributed by atoms with Gasteiger partial charge in [-0.05, 0) is 83.8 Å². The van der Waals surface area contributed by atoms with Crippen molar-refractivity contribution in [1.82, 2.24) is 14.5 Å². The molecule has 11 rings (SSSR count). The molecule has 4 heterocycles. The van der Waals surface area contributed by atoms with Crippen molar-refractivity contribution in [1.29, 1.82) is 0 Å². The summed E-state index contributed by atoms with van der Waals surface area (Å²) in [6.07, 6.45) is 4.35. The minimum Gasteiger partial charge on any atom is -0.456 e. The molecule has 1 aliphatic rings. The van der Waals surface area contributed by atoms with Gasteiger partial charge in [-0.15, -0.1) is 0 Å². The van der Waals surface area contributed by atoms with Gasteiger partial charge in [-0.1, -0.05) is 127 Å². The maximum absolute atomic E-state index is 15.6. The first-order chi connectivity index (χ1) is 28.6. The number of aromatic nitrogens is 3. The van der Waals surface area contributed by atoms with Crippen molar-refractivity contribution in [2.45, 2.75) is 12.8 Å². The van der Waals surface area contributed by atoms with E-state index in [4.69, 9.17) is 19.1 Å². The Balaban J connectivity index is 1.07. The molecule has 0 N–H and O–H groups in total. The van der Waals surface area contributed by atoms with Crippen LogP contribution in [-0.4, -0.2) is 20.9 Å². The smallest absolute Gasteiger partial charge is 0.258 e. The van der Waals surface area contributed by atoms with Crippen LogP contribution in [0.25, 0.3) is 88.8 Å². The first-order valence-electron chi connectivity index (χ1n) is 19.4. The van der Waals surface area contributed by atoms with Gasteiger partial charge in [0.25, 0.3) is 6.36 Å². The van der Waals surface area contributed by atoms with Crippen LogP contribution in [0.1, 0.15) is 11.3 Å². The van der Waals surface area contributed by atoms with Crippen LogP contribution in [0.4, 0.5) is 4.39 Å². The van der Waals surface area contributed by atoms with Crippen molar-refractivity contribution in [2.24, 2.45) is 0 Å². The first-order valence-corrected chi connectivity index (χ1v) is 19.4. The van der Waals surface area contributed by atoms with Crippen molar-refractivity contribution < 1.29 is 13.5 Å². The maximum atomic E-state index is 15.6. The van der Waals surface area contributed by atoms with E-state index in [0.29, 0.717) is 29.3 Å². The summed E-state index contributed by atoms with van der Waals surface area (Å²) in [7, 11) is 0. The Labute approximate surface area is 333 Å². The molecular formula is C52H34FN3O2. The molecule has 0 aliphatic carbocycles. The summed E-state index contributed by atoms with van der Waals surface area (Å²) in [5.41, 5.74) is 11.7. The average molecular weight is 752 g/mol. The molecule has 3 aromatic heterocycles. The summed E-state index contributed by atoms with van der Waals surface area (Å²) in [6, 6.07) is 57.6. The second kappa shape index (κ2) is 13.9. The number of halogens is 1. The zero-order chi connectivity index (χ0) is 38.6. The second-order valence-electron chi connectivity index (χ2n) is 14.5. The van der Waals surface area contributed by atoms with E-state index in [-0.39, 0.29) is 0 Å². The molecular weight excluding hydrogens is 718 g/mol. The van der Waals surface area contributed by atoms with Gasteiger partial charge in [0, 0.05) is 43.9 Å². The quantitative estimate of drug-likeness (QED) is 0.176. The lowest BCUT2D eigenvalue weighted by Crippen LogP contribution is -2.08. The number of ether oxygens (including phenoxy) is 1. The average Bonchev–Trinajstić information content (AvgIpc) is 3.84. The fraction of sp³-hybridized carbons (Fsp3) is 0.0385. The van der Waals surface area contributed by atoms with Crippen LogP contribution in [0.3, 0.4) is 0 Å². The van der Waals surface area contributed by atoms with Gasteiger partial charge in [-0.2, -0.15) is 4.39 Å². The summed E-state index contributed by atoms with van der Waals surface area (Å²) in [6.45, 7) is 0. The number of fused-ring (bicyclic) bond motifs is 7. The molecule has 276 valence electrons. The first kappa shape index (κ1) is 33.7. The van der Waals surface area contributed by atoms with Crippen molar-refractivity contribution in [2.75, 3.05) is 0 Å². The fourth-order valence-corrected chi connectivity index (χ4v) is 8.29. The van der Waals surface area contributed by atoms with Gasteiger partial charge in [0.15, 0.2) is 5.82 Å². The van der Waals surface area contributed by atoms with E-state index in [1.165, 1.54) is 22.4 Å². The molecule has 5 nitrogen and oxygen atoms in total. The van der Waals surface area contributed by atoms with Crippen molar-refractivity contribution in [3.8, 4) is 45.2 Å². The standard InChI is InChI=1S/C52H34FN3O2/c53-50-31-37(17-11-16-34-15-7-10-23-47(34)58-50)44-32-43(33-13-3-1-4-14-33)54-52(55-44)41-21-12-24-49-51(41)42-29-35(26-28-48(42)57-49)36-25-27-40-39-20-8-9-22-45(39)56(46(40)30-36)38-18-5-2-6-19-38/h1-15,17-32,50H,16H2/b17-11-,37-31+.